The van der Waals surface area contributed by atoms with Gasteiger partial charge in [0, 0.05) is 44.2 Å². The second kappa shape index (κ2) is 7.41. The van der Waals surface area contributed by atoms with Gasteiger partial charge in [-0.2, -0.15) is 10.2 Å². The van der Waals surface area contributed by atoms with Gasteiger partial charge in [0.05, 0.1) is 0 Å². The van der Waals surface area contributed by atoms with Crippen LogP contribution in [-0.2, 0) is 4.79 Å². The molecule has 1 aromatic heterocycles. The van der Waals surface area contributed by atoms with Gasteiger partial charge >= 0.3 is 0 Å². The summed E-state index contributed by atoms with van der Waals surface area (Å²) in [4.78, 5) is 19.4. The number of aromatic nitrogens is 1. The van der Waals surface area contributed by atoms with Crippen molar-refractivity contribution in [2.75, 3.05) is 31.1 Å². The van der Waals surface area contributed by atoms with Crippen molar-refractivity contribution in [1.82, 2.24) is 9.88 Å². The van der Waals surface area contributed by atoms with Crippen molar-refractivity contribution in [2.24, 2.45) is 0 Å². The van der Waals surface area contributed by atoms with Gasteiger partial charge in [0.15, 0.2) is 0 Å². The summed E-state index contributed by atoms with van der Waals surface area (Å²) in [6.45, 7) is 3.98. The number of nitrogens with zero attached hydrogens (tertiary/aromatic N) is 4. The van der Waals surface area contributed by atoms with E-state index in [1.807, 2.05) is 23.1 Å². The summed E-state index contributed by atoms with van der Waals surface area (Å²) in [6.07, 6.45) is 3.49. The van der Waals surface area contributed by atoms with E-state index in [1.165, 1.54) is 0 Å². The Morgan fingerprint density at radius 1 is 1.28 bits per heavy atom. The summed E-state index contributed by atoms with van der Waals surface area (Å²) < 4.78 is 5.76. The summed E-state index contributed by atoms with van der Waals surface area (Å²) in [5.41, 5.74) is 1.09. The SMILES string of the molecule is CC(=O)N1CCN(c2oc(C=Cc3ccccc3Cl)nc2C#N)CC1. The number of halogens is 1. The van der Waals surface area contributed by atoms with Gasteiger partial charge < -0.3 is 14.2 Å². The third-order valence-electron chi connectivity index (χ3n) is 4.05. The van der Waals surface area contributed by atoms with Crippen molar-refractivity contribution in [3.63, 3.8) is 0 Å². The molecule has 0 radical (unpaired) electrons. The van der Waals surface area contributed by atoms with E-state index in [0.29, 0.717) is 43.0 Å². The normalized spacial score (nSPS) is 14.8. The minimum atomic E-state index is 0.0566. The van der Waals surface area contributed by atoms with E-state index in [4.69, 9.17) is 16.0 Å². The summed E-state index contributed by atoms with van der Waals surface area (Å²) in [7, 11) is 0. The maximum Gasteiger partial charge on any atom is 0.235 e. The van der Waals surface area contributed by atoms with Crippen LogP contribution >= 0.6 is 11.6 Å². The lowest BCUT2D eigenvalue weighted by Crippen LogP contribution is -2.48. The van der Waals surface area contributed by atoms with E-state index in [-0.39, 0.29) is 11.6 Å². The van der Waals surface area contributed by atoms with Crippen LogP contribution in [0.5, 0.6) is 0 Å². The zero-order chi connectivity index (χ0) is 17.8. The fraction of sp³-hybridized carbons (Fsp3) is 0.278. The third kappa shape index (κ3) is 3.83. The van der Waals surface area contributed by atoms with E-state index in [0.717, 1.165) is 5.56 Å². The van der Waals surface area contributed by atoms with Crippen LogP contribution in [0.25, 0.3) is 12.2 Å². The van der Waals surface area contributed by atoms with Crippen molar-refractivity contribution < 1.29 is 9.21 Å². The number of oxazole rings is 1. The molecular formula is C18H17ClN4O2. The van der Waals surface area contributed by atoms with Gasteiger partial charge in [-0.05, 0) is 17.7 Å². The number of rotatable bonds is 3. The molecule has 2 aromatic rings. The Balaban J connectivity index is 1.78. The number of hydrogen-bond donors (Lipinski definition) is 0. The number of piperazine rings is 1. The minimum absolute atomic E-state index is 0.0566. The van der Waals surface area contributed by atoms with Crippen LogP contribution in [0.4, 0.5) is 5.88 Å². The van der Waals surface area contributed by atoms with Crippen LogP contribution in [0, 0.1) is 11.3 Å². The quantitative estimate of drug-likeness (QED) is 0.845. The first kappa shape index (κ1) is 17.1. The number of carbonyl (C=O) groups is 1. The molecule has 128 valence electrons. The van der Waals surface area contributed by atoms with Crippen LogP contribution in [0.1, 0.15) is 24.1 Å². The molecule has 2 heterocycles. The zero-order valence-electron chi connectivity index (χ0n) is 13.8. The predicted octanol–water partition coefficient (Wildman–Crippen LogP) is 3.04. The molecule has 0 spiro atoms. The summed E-state index contributed by atoms with van der Waals surface area (Å²) in [6, 6.07) is 9.51. The number of carbonyl (C=O) groups excluding carboxylic acids is 1. The second-order valence-corrected chi connectivity index (χ2v) is 6.07. The highest BCUT2D eigenvalue weighted by Gasteiger charge is 2.24. The van der Waals surface area contributed by atoms with Crippen LogP contribution in [0.15, 0.2) is 28.7 Å². The van der Waals surface area contributed by atoms with Crippen molar-refractivity contribution in [1.29, 1.82) is 5.26 Å². The fourth-order valence-corrected chi connectivity index (χ4v) is 2.88. The zero-order valence-corrected chi connectivity index (χ0v) is 14.5. The molecule has 1 aliphatic heterocycles. The van der Waals surface area contributed by atoms with Gasteiger partial charge in [0.25, 0.3) is 0 Å². The van der Waals surface area contributed by atoms with Gasteiger partial charge in [-0.25, -0.2) is 0 Å². The second-order valence-electron chi connectivity index (χ2n) is 5.67. The van der Waals surface area contributed by atoms with Gasteiger partial charge in [-0.15, -0.1) is 0 Å². The first-order chi connectivity index (χ1) is 12.1. The molecule has 7 heteroatoms. The monoisotopic (exact) mass is 356 g/mol. The molecule has 1 amide bonds. The summed E-state index contributed by atoms with van der Waals surface area (Å²) in [5.74, 6) is 0.853. The Morgan fingerprint density at radius 3 is 2.64 bits per heavy atom. The average molecular weight is 357 g/mol. The van der Waals surface area contributed by atoms with Gasteiger partial charge in [-0.1, -0.05) is 29.8 Å². The molecule has 0 aliphatic carbocycles. The topological polar surface area (TPSA) is 73.4 Å². The lowest BCUT2D eigenvalue weighted by molar-refractivity contribution is -0.129. The number of amides is 1. The predicted molar refractivity (Wildman–Crippen MR) is 96.1 cm³/mol. The van der Waals surface area contributed by atoms with Crippen LogP contribution in [-0.4, -0.2) is 42.0 Å². The summed E-state index contributed by atoms with van der Waals surface area (Å²) in [5, 5.41) is 9.95. The molecule has 6 nitrogen and oxygen atoms in total. The molecule has 0 N–H and O–H groups in total. The van der Waals surface area contributed by atoms with Crippen molar-refractivity contribution >= 4 is 35.5 Å². The first-order valence-corrected chi connectivity index (χ1v) is 8.30. The third-order valence-corrected chi connectivity index (χ3v) is 4.40. The molecule has 1 aromatic carbocycles. The van der Waals surface area contributed by atoms with Gasteiger partial charge in [-0.3, -0.25) is 4.79 Å². The van der Waals surface area contributed by atoms with Crippen molar-refractivity contribution in [3.8, 4) is 6.07 Å². The van der Waals surface area contributed by atoms with E-state index < -0.39 is 0 Å². The number of nitriles is 1. The largest absolute Gasteiger partial charge is 0.420 e. The maximum atomic E-state index is 11.4. The Morgan fingerprint density at radius 2 is 2.00 bits per heavy atom. The molecule has 0 atom stereocenters. The Bertz CT molecular complexity index is 845. The van der Waals surface area contributed by atoms with E-state index in [2.05, 4.69) is 11.1 Å². The highest BCUT2D eigenvalue weighted by molar-refractivity contribution is 6.32. The number of benzene rings is 1. The minimum Gasteiger partial charge on any atom is -0.420 e. The Labute approximate surface area is 150 Å². The average Bonchev–Trinajstić information content (AvgIpc) is 3.04. The maximum absolute atomic E-state index is 11.4. The number of anilines is 1. The molecule has 0 bridgehead atoms. The summed E-state index contributed by atoms with van der Waals surface area (Å²) >= 11 is 6.12. The van der Waals surface area contributed by atoms with Crippen LogP contribution in [0.3, 0.4) is 0 Å². The van der Waals surface area contributed by atoms with E-state index in [9.17, 15) is 10.1 Å². The molecule has 25 heavy (non-hydrogen) atoms. The molecule has 3 rings (SSSR count). The van der Waals surface area contributed by atoms with E-state index in [1.54, 1.807) is 30.0 Å². The lowest BCUT2D eigenvalue weighted by Gasteiger charge is -2.33. The lowest BCUT2D eigenvalue weighted by atomic mass is 10.2. The number of hydrogen-bond acceptors (Lipinski definition) is 5. The van der Waals surface area contributed by atoms with Crippen molar-refractivity contribution in [2.45, 2.75) is 6.92 Å². The van der Waals surface area contributed by atoms with Gasteiger partial charge in [0.1, 0.15) is 6.07 Å². The van der Waals surface area contributed by atoms with Gasteiger partial charge in [0.2, 0.25) is 23.4 Å². The molecule has 1 saturated heterocycles. The fourth-order valence-electron chi connectivity index (χ4n) is 2.68. The molecule has 1 fully saturated rings. The molecule has 0 saturated carbocycles. The molecule has 1 aliphatic rings. The van der Waals surface area contributed by atoms with E-state index >= 15 is 0 Å². The highest BCUT2D eigenvalue weighted by atomic mass is 35.5. The Kier molecular flexibility index (Phi) is 5.05. The Hall–Kier alpha value is -2.78. The highest BCUT2D eigenvalue weighted by Crippen LogP contribution is 2.25. The first-order valence-electron chi connectivity index (χ1n) is 7.92. The van der Waals surface area contributed by atoms with Crippen molar-refractivity contribution in [3.05, 3.63) is 46.4 Å². The molecule has 0 unspecified atom stereocenters. The van der Waals surface area contributed by atoms with Crippen LogP contribution in [0.2, 0.25) is 5.02 Å². The standard InChI is InChI=1S/C18H17ClN4O2/c1-13(24)22-8-10-23(11-9-22)18-16(12-20)21-17(25-18)7-6-14-4-2-3-5-15(14)19/h2-7H,8-11H2,1H3. The molecular weight excluding hydrogens is 340 g/mol. The van der Waals surface area contributed by atoms with Crippen LogP contribution < -0.4 is 4.90 Å². The smallest absolute Gasteiger partial charge is 0.235 e.